The first-order valence-corrected chi connectivity index (χ1v) is 12.3. The van der Waals surface area contributed by atoms with Crippen LogP contribution in [0.25, 0.3) is 28.0 Å². The Morgan fingerprint density at radius 2 is 1.83 bits per heavy atom. The summed E-state index contributed by atoms with van der Waals surface area (Å²) in [7, 11) is 1.64. The predicted molar refractivity (Wildman–Crippen MR) is 139 cm³/mol. The molecule has 1 fully saturated rings. The third-order valence-corrected chi connectivity index (χ3v) is 6.48. The molecule has 3 heterocycles. The lowest BCUT2D eigenvalue weighted by molar-refractivity contribution is 0.0374. The van der Waals surface area contributed by atoms with Crippen molar-refractivity contribution in [2.75, 3.05) is 46.5 Å². The molecule has 186 valence electrons. The minimum absolute atomic E-state index is 0.200. The van der Waals surface area contributed by atoms with Gasteiger partial charge in [0.05, 0.1) is 31.7 Å². The van der Waals surface area contributed by atoms with Gasteiger partial charge in [-0.3, -0.25) is 9.69 Å². The van der Waals surface area contributed by atoms with E-state index in [2.05, 4.69) is 10.2 Å². The average Bonchev–Trinajstić information content (AvgIpc) is 3.27. The van der Waals surface area contributed by atoms with Crippen molar-refractivity contribution in [2.24, 2.45) is 0 Å². The van der Waals surface area contributed by atoms with E-state index < -0.39 is 0 Å². The summed E-state index contributed by atoms with van der Waals surface area (Å²) >= 11 is 0. The van der Waals surface area contributed by atoms with Gasteiger partial charge in [0.25, 0.3) is 5.91 Å². The lowest BCUT2D eigenvalue weighted by Gasteiger charge is -2.26. The molecule has 2 aromatic carbocycles. The van der Waals surface area contributed by atoms with Gasteiger partial charge < -0.3 is 14.8 Å². The largest absolute Gasteiger partial charge is 0.496 e. The number of aromatic nitrogens is 3. The molecule has 0 radical (unpaired) electrons. The van der Waals surface area contributed by atoms with E-state index in [-0.39, 0.29) is 5.91 Å². The maximum absolute atomic E-state index is 13.3. The van der Waals surface area contributed by atoms with Crippen LogP contribution in [0.1, 0.15) is 22.6 Å². The molecule has 0 saturated carbocycles. The highest BCUT2D eigenvalue weighted by molar-refractivity contribution is 5.95. The molecule has 0 atom stereocenters. The summed E-state index contributed by atoms with van der Waals surface area (Å²) in [4.78, 5) is 20.4. The third kappa shape index (κ3) is 4.96. The Labute approximate surface area is 210 Å². The van der Waals surface area contributed by atoms with Crippen molar-refractivity contribution in [3.8, 4) is 28.1 Å². The molecule has 5 rings (SSSR count). The number of hydrogen-bond acceptors (Lipinski definition) is 6. The summed E-state index contributed by atoms with van der Waals surface area (Å²) in [5.74, 6) is 0.504. The van der Waals surface area contributed by atoms with Crippen LogP contribution in [0.15, 0.2) is 60.7 Å². The summed E-state index contributed by atoms with van der Waals surface area (Å²) in [5.41, 5.74) is 5.35. The van der Waals surface area contributed by atoms with Crippen LogP contribution < -0.4 is 10.1 Å². The molecule has 1 aliphatic rings. The van der Waals surface area contributed by atoms with Crippen LogP contribution in [-0.4, -0.2) is 71.9 Å². The third-order valence-electron chi connectivity index (χ3n) is 6.48. The van der Waals surface area contributed by atoms with Crippen LogP contribution in [0.5, 0.6) is 5.75 Å². The van der Waals surface area contributed by atoms with Crippen LogP contribution in [0.4, 0.5) is 0 Å². The van der Waals surface area contributed by atoms with E-state index in [1.54, 1.807) is 13.2 Å². The summed E-state index contributed by atoms with van der Waals surface area (Å²) < 4.78 is 12.9. The van der Waals surface area contributed by atoms with E-state index in [0.717, 1.165) is 67.3 Å². The highest BCUT2D eigenvalue weighted by Crippen LogP contribution is 2.34. The number of fused-ring (bicyclic) bond motifs is 1. The molecule has 1 N–H and O–H groups in total. The van der Waals surface area contributed by atoms with Gasteiger partial charge in [-0.05, 0) is 43.7 Å². The molecular weight excluding hydrogens is 454 g/mol. The number of benzene rings is 2. The van der Waals surface area contributed by atoms with Crippen LogP contribution in [0.3, 0.4) is 0 Å². The Morgan fingerprint density at radius 3 is 2.61 bits per heavy atom. The number of carbonyl (C=O) groups excluding carboxylic acids is 1. The number of aryl methyl sites for hydroxylation is 1. The molecule has 1 amide bonds. The van der Waals surface area contributed by atoms with Crippen molar-refractivity contribution in [3.05, 3.63) is 72.1 Å². The minimum Gasteiger partial charge on any atom is -0.496 e. The number of ether oxygens (including phenoxy) is 2. The first-order valence-electron chi connectivity index (χ1n) is 12.3. The Morgan fingerprint density at radius 1 is 1.08 bits per heavy atom. The topological polar surface area (TPSA) is 81.0 Å². The Bertz CT molecular complexity index is 1350. The number of hydrogen-bond donors (Lipinski definition) is 1. The quantitative estimate of drug-likeness (QED) is 0.382. The van der Waals surface area contributed by atoms with Gasteiger partial charge in [-0.15, -0.1) is 0 Å². The van der Waals surface area contributed by atoms with Crippen molar-refractivity contribution >= 4 is 11.6 Å². The lowest BCUT2D eigenvalue weighted by atomic mass is 10.1. The number of morpholine rings is 1. The summed E-state index contributed by atoms with van der Waals surface area (Å²) in [5, 5.41) is 7.88. The number of nitrogens with one attached hydrogen (secondary N) is 1. The molecular formula is C28H31N5O3. The van der Waals surface area contributed by atoms with Gasteiger partial charge in [-0.2, -0.15) is 5.10 Å². The standard InChI is InChI=1S/C28H31N5O3/c1-20-26(21-9-4-3-5-10-21)27-30-23(28(34)29-13-8-14-32-15-17-36-18-16-32)19-24(33(27)31-20)22-11-6-7-12-25(22)35-2/h3-7,9-12,19H,8,13-18H2,1-2H3,(H,29,34). The van der Waals surface area contributed by atoms with Crippen molar-refractivity contribution in [1.82, 2.24) is 24.8 Å². The van der Waals surface area contributed by atoms with Gasteiger partial charge in [0.2, 0.25) is 0 Å². The van der Waals surface area contributed by atoms with E-state index in [0.29, 0.717) is 23.6 Å². The Kier molecular flexibility index (Phi) is 7.25. The number of para-hydroxylation sites is 1. The fraction of sp³-hybridized carbons (Fsp3) is 0.321. The van der Waals surface area contributed by atoms with Crippen LogP contribution >= 0.6 is 0 Å². The van der Waals surface area contributed by atoms with Crippen LogP contribution in [0.2, 0.25) is 0 Å². The van der Waals surface area contributed by atoms with E-state index in [1.165, 1.54) is 0 Å². The van der Waals surface area contributed by atoms with Gasteiger partial charge in [-0.25, -0.2) is 9.50 Å². The summed E-state index contributed by atoms with van der Waals surface area (Å²) in [6, 6.07) is 19.6. The lowest BCUT2D eigenvalue weighted by Crippen LogP contribution is -2.38. The zero-order chi connectivity index (χ0) is 24.9. The molecule has 1 aliphatic heterocycles. The van der Waals surface area contributed by atoms with Crippen LogP contribution in [0, 0.1) is 6.92 Å². The van der Waals surface area contributed by atoms with Crippen molar-refractivity contribution in [2.45, 2.75) is 13.3 Å². The molecule has 0 aliphatic carbocycles. The van der Waals surface area contributed by atoms with Gasteiger partial charge >= 0.3 is 0 Å². The molecule has 4 aromatic rings. The van der Waals surface area contributed by atoms with E-state index in [4.69, 9.17) is 19.6 Å². The predicted octanol–water partition coefficient (Wildman–Crippen LogP) is 3.83. The molecule has 8 heteroatoms. The second-order valence-electron chi connectivity index (χ2n) is 8.85. The van der Waals surface area contributed by atoms with E-state index in [9.17, 15) is 4.79 Å². The fourth-order valence-electron chi connectivity index (χ4n) is 4.65. The minimum atomic E-state index is -0.200. The average molecular weight is 486 g/mol. The first kappa shape index (κ1) is 24.0. The smallest absolute Gasteiger partial charge is 0.270 e. The molecule has 36 heavy (non-hydrogen) atoms. The number of carbonyl (C=O) groups is 1. The number of rotatable bonds is 8. The Hall–Kier alpha value is -3.75. The zero-order valence-electron chi connectivity index (χ0n) is 20.7. The fourth-order valence-corrected chi connectivity index (χ4v) is 4.65. The van der Waals surface area contributed by atoms with Crippen molar-refractivity contribution < 1.29 is 14.3 Å². The normalized spacial score (nSPS) is 14.2. The number of amides is 1. The van der Waals surface area contributed by atoms with Gasteiger partial charge in [-0.1, -0.05) is 42.5 Å². The number of methoxy groups -OCH3 is 1. The van der Waals surface area contributed by atoms with Crippen LogP contribution in [-0.2, 0) is 4.74 Å². The maximum atomic E-state index is 13.3. The first-order chi connectivity index (χ1) is 17.7. The SMILES string of the molecule is COc1ccccc1-c1cc(C(=O)NCCCN2CCOCC2)nc2c(-c3ccccc3)c(C)nn12. The van der Waals surface area contributed by atoms with Gasteiger partial charge in [0, 0.05) is 30.8 Å². The van der Waals surface area contributed by atoms with Gasteiger partial charge in [0.1, 0.15) is 11.4 Å². The summed E-state index contributed by atoms with van der Waals surface area (Å²) in [6.07, 6.45) is 0.869. The molecule has 1 saturated heterocycles. The molecule has 0 spiro atoms. The molecule has 0 bridgehead atoms. The second kappa shape index (κ2) is 10.9. The van der Waals surface area contributed by atoms with E-state index in [1.807, 2.05) is 66.0 Å². The number of nitrogens with zero attached hydrogens (tertiary/aromatic N) is 4. The maximum Gasteiger partial charge on any atom is 0.270 e. The Balaban J connectivity index is 1.50. The molecule has 0 unspecified atom stereocenters. The van der Waals surface area contributed by atoms with Crippen molar-refractivity contribution in [1.29, 1.82) is 0 Å². The monoisotopic (exact) mass is 485 g/mol. The second-order valence-corrected chi connectivity index (χ2v) is 8.85. The summed E-state index contributed by atoms with van der Waals surface area (Å²) in [6.45, 7) is 6.91. The van der Waals surface area contributed by atoms with Crippen molar-refractivity contribution in [3.63, 3.8) is 0 Å². The zero-order valence-corrected chi connectivity index (χ0v) is 20.7. The van der Waals surface area contributed by atoms with E-state index >= 15 is 0 Å². The molecule has 2 aromatic heterocycles. The van der Waals surface area contributed by atoms with Gasteiger partial charge in [0.15, 0.2) is 5.65 Å². The molecule has 8 nitrogen and oxygen atoms in total. The highest BCUT2D eigenvalue weighted by atomic mass is 16.5. The highest BCUT2D eigenvalue weighted by Gasteiger charge is 2.21.